The molecule has 1 aliphatic rings. The van der Waals surface area contributed by atoms with E-state index in [0.29, 0.717) is 31.9 Å². The second-order valence-corrected chi connectivity index (χ2v) is 6.45. The van der Waals surface area contributed by atoms with E-state index in [4.69, 9.17) is 0 Å². The highest BCUT2D eigenvalue weighted by Crippen LogP contribution is 2.18. The quantitative estimate of drug-likeness (QED) is 0.737. The number of hydrogen-bond donors (Lipinski definition) is 1. The van der Waals surface area contributed by atoms with Gasteiger partial charge in [0.1, 0.15) is 18.6 Å². The molecule has 134 valence electrons. The van der Waals surface area contributed by atoms with Crippen LogP contribution in [0.15, 0.2) is 30.6 Å². The third kappa shape index (κ3) is 3.15. The third-order valence-electron chi connectivity index (χ3n) is 4.62. The molecule has 0 aliphatic carbocycles. The Morgan fingerprint density at radius 3 is 2.62 bits per heavy atom. The summed E-state index contributed by atoms with van der Waals surface area (Å²) in [5.41, 5.74) is 2.69. The van der Waals surface area contributed by atoms with E-state index in [1.165, 1.54) is 11.0 Å². The number of tetrazole rings is 1. The van der Waals surface area contributed by atoms with E-state index in [0.717, 1.165) is 16.5 Å². The molecule has 1 aliphatic heterocycles. The van der Waals surface area contributed by atoms with Crippen LogP contribution in [0.1, 0.15) is 16.1 Å². The van der Waals surface area contributed by atoms with Crippen molar-refractivity contribution in [2.75, 3.05) is 26.2 Å². The number of H-pyrrole nitrogens is 1. The predicted octanol–water partition coefficient (Wildman–Crippen LogP) is 0.447. The molecule has 0 saturated carbocycles. The Balaban J connectivity index is 1.39. The molecule has 4 rings (SSSR count). The van der Waals surface area contributed by atoms with Crippen molar-refractivity contribution in [3.05, 3.63) is 41.9 Å². The molecule has 2 aromatic heterocycles. The van der Waals surface area contributed by atoms with Gasteiger partial charge in [-0.15, -0.1) is 5.10 Å². The van der Waals surface area contributed by atoms with Crippen LogP contribution in [0.5, 0.6) is 0 Å². The lowest BCUT2D eigenvalue weighted by molar-refractivity contribution is -0.133. The predicted molar refractivity (Wildman–Crippen MR) is 93.3 cm³/mol. The highest BCUT2D eigenvalue weighted by molar-refractivity contribution is 5.98. The molecule has 9 heteroatoms. The maximum Gasteiger partial charge on any atom is 0.270 e. The van der Waals surface area contributed by atoms with Gasteiger partial charge in [0, 0.05) is 37.1 Å². The molecule has 0 atom stereocenters. The van der Waals surface area contributed by atoms with Crippen molar-refractivity contribution < 1.29 is 9.59 Å². The van der Waals surface area contributed by atoms with Gasteiger partial charge in [-0.05, 0) is 35.0 Å². The number of nitrogens with one attached hydrogen (secondary N) is 1. The number of aromatic nitrogens is 5. The summed E-state index contributed by atoms with van der Waals surface area (Å²) < 4.78 is 1.40. The van der Waals surface area contributed by atoms with Gasteiger partial charge in [0.15, 0.2) is 0 Å². The molecule has 0 radical (unpaired) electrons. The Morgan fingerprint density at radius 1 is 1.12 bits per heavy atom. The molecule has 1 fully saturated rings. The molecule has 26 heavy (non-hydrogen) atoms. The fourth-order valence-electron chi connectivity index (χ4n) is 3.18. The van der Waals surface area contributed by atoms with Gasteiger partial charge in [0.2, 0.25) is 5.91 Å². The second kappa shape index (κ2) is 6.58. The number of benzene rings is 1. The standard InChI is InChI=1S/C17H19N7O2/c1-12-2-3-13-9-15(19-14(13)8-12)17(26)23-6-4-22(5-7-23)16(25)10-24-11-18-20-21-24/h2-3,8-9,11,19H,4-7,10H2,1H3. The summed E-state index contributed by atoms with van der Waals surface area (Å²) in [4.78, 5) is 31.7. The first-order valence-electron chi connectivity index (χ1n) is 8.47. The first kappa shape index (κ1) is 16.2. The van der Waals surface area contributed by atoms with Crippen molar-refractivity contribution in [1.82, 2.24) is 35.0 Å². The summed E-state index contributed by atoms with van der Waals surface area (Å²) in [5.74, 6) is -0.0862. The van der Waals surface area contributed by atoms with E-state index >= 15 is 0 Å². The molecule has 3 heterocycles. The zero-order valence-electron chi connectivity index (χ0n) is 14.4. The van der Waals surface area contributed by atoms with E-state index in [1.54, 1.807) is 9.80 Å². The van der Waals surface area contributed by atoms with E-state index in [1.807, 2.05) is 31.2 Å². The van der Waals surface area contributed by atoms with Gasteiger partial charge in [-0.2, -0.15) is 0 Å². The Bertz CT molecular complexity index is 939. The Kier molecular flexibility index (Phi) is 4.11. The van der Waals surface area contributed by atoms with Crippen molar-refractivity contribution >= 4 is 22.7 Å². The minimum atomic E-state index is -0.0505. The lowest BCUT2D eigenvalue weighted by Crippen LogP contribution is -2.51. The number of carbonyl (C=O) groups excluding carboxylic acids is 2. The van der Waals surface area contributed by atoms with Crippen LogP contribution < -0.4 is 0 Å². The summed E-state index contributed by atoms with van der Waals surface area (Å²) >= 11 is 0. The van der Waals surface area contributed by atoms with Gasteiger partial charge in [-0.25, -0.2) is 4.68 Å². The molecule has 0 unspecified atom stereocenters. The smallest absolute Gasteiger partial charge is 0.270 e. The molecule has 0 spiro atoms. The SMILES string of the molecule is Cc1ccc2cc(C(=O)N3CCN(C(=O)Cn4cnnn4)CC3)[nH]c2c1. The molecule has 0 bridgehead atoms. The van der Waals surface area contributed by atoms with Crippen LogP contribution in [0.2, 0.25) is 0 Å². The molecular formula is C17H19N7O2. The number of aryl methyl sites for hydroxylation is 1. The fraction of sp³-hybridized carbons (Fsp3) is 0.353. The van der Waals surface area contributed by atoms with Crippen LogP contribution in [0.4, 0.5) is 0 Å². The molecular weight excluding hydrogens is 334 g/mol. The van der Waals surface area contributed by atoms with Crippen LogP contribution >= 0.6 is 0 Å². The Morgan fingerprint density at radius 2 is 1.88 bits per heavy atom. The number of nitrogens with zero attached hydrogens (tertiary/aromatic N) is 6. The average molecular weight is 353 g/mol. The van der Waals surface area contributed by atoms with Gasteiger partial charge in [-0.1, -0.05) is 12.1 Å². The van der Waals surface area contributed by atoms with Crippen molar-refractivity contribution in [3.8, 4) is 0 Å². The second-order valence-electron chi connectivity index (χ2n) is 6.45. The molecule has 1 saturated heterocycles. The molecule has 2 amide bonds. The van der Waals surface area contributed by atoms with Crippen molar-refractivity contribution in [2.24, 2.45) is 0 Å². The monoisotopic (exact) mass is 353 g/mol. The minimum absolute atomic E-state index is 0.0357. The van der Waals surface area contributed by atoms with Crippen molar-refractivity contribution in [3.63, 3.8) is 0 Å². The Hall–Kier alpha value is -3.23. The van der Waals surface area contributed by atoms with Gasteiger partial charge in [-0.3, -0.25) is 9.59 Å². The third-order valence-corrected chi connectivity index (χ3v) is 4.62. The van der Waals surface area contributed by atoms with Crippen molar-refractivity contribution in [1.29, 1.82) is 0 Å². The van der Waals surface area contributed by atoms with Crippen molar-refractivity contribution in [2.45, 2.75) is 13.5 Å². The first-order valence-corrected chi connectivity index (χ1v) is 8.47. The summed E-state index contributed by atoms with van der Waals surface area (Å²) in [6.07, 6.45) is 1.41. The summed E-state index contributed by atoms with van der Waals surface area (Å²) in [5, 5.41) is 11.8. The number of aromatic amines is 1. The van der Waals surface area contributed by atoms with Crippen LogP contribution in [0, 0.1) is 6.92 Å². The number of carbonyl (C=O) groups is 2. The topological polar surface area (TPSA) is 100 Å². The molecule has 1 aromatic carbocycles. The lowest BCUT2D eigenvalue weighted by atomic mass is 10.2. The molecule has 9 nitrogen and oxygen atoms in total. The highest BCUT2D eigenvalue weighted by atomic mass is 16.2. The van der Waals surface area contributed by atoms with Gasteiger partial charge in [0.25, 0.3) is 5.91 Å². The zero-order chi connectivity index (χ0) is 18.1. The number of amides is 2. The fourth-order valence-corrected chi connectivity index (χ4v) is 3.18. The van der Waals surface area contributed by atoms with Crippen LogP contribution in [0.25, 0.3) is 10.9 Å². The van der Waals surface area contributed by atoms with Crippen LogP contribution in [-0.2, 0) is 11.3 Å². The summed E-state index contributed by atoms with van der Waals surface area (Å²) in [7, 11) is 0. The number of piperazine rings is 1. The molecule has 3 aromatic rings. The largest absolute Gasteiger partial charge is 0.351 e. The minimum Gasteiger partial charge on any atom is -0.351 e. The maximum absolute atomic E-state index is 12.7. The van der Waals surface area contributed by atoms with E-state index < -0.39 is 0 Å². The number of fused-ring (bicyclic) bond motifs is 1. The average Bonchev–Trinajstić information content (AvgIpc) is 3.30. The number of rotatable bonds is 3. The van der Waals surface area contributed by atoms with E-state index in [2.05, 4.69) is 20.5 Å². The van der Waals surface area contributed by atoms with E-state index in [-0.39, 0.29) is 18.4 Å². The maximum atomic E-state index is 12.7. The summed E-state index contributed by atoms with van der Waals surface area (Å²) in [6.45, 7) is 4.16. The van der Waals surface area contributed by atoms with Crippen LogP contribution in [0.3, 0.4) is 0 Å². The zero-order valence-corrected chi connectivity index (χ0v) is 14.4. The van der Waals surface area contributed by atoms with Gasteiger partial charge < -0.3 is 14.8 Å². The van der Waals surface area contributed by atoms with Gasteiger partial charge >= 0.3 is 0 Å². The Labute approximate surface area is 149 Å². The highest BCUT2D eigenvalue weighted by Gasteiger charge is 2.25. The van der Waals surface area contributed by atoms with E-state index in [9.17, 15) is 9.59 Å². The number of hydrogen-bond acceptors (Lipinski definition) is 5. The first-order chi connectivity index (χ1) is 12.6. The lowest BCUT2D eigenvalue weighted by Gasteiger charge is -2.34. The van der Waals surface area contributed by atoms with Gasteiger partial charge in [0.05, 0.1) is 0 Å². The normalized spacial score (nSPS) is 14.8. The molecule has 1 N–H and O–H groups in total. The van der Waals surface area contributed by atoms with Crippen LogP contribution in [-0.4, -0.2) is 73.0 Å². The summed E-state index contributed by atoms with van der Waals surface area (Å²) in [6, 6.07) is 7.95.